The predicted octanol–water partition coefficient (Wildman–Crippen LogP) is 5.36. The van der Waals surface area contributed by atoms with Crippen LogP contribution in [0.5, 0.6) is 0 Å². The van der Waals surface area contributed by atoms with Crippen LogP contribution in [0.2, 0.25) is 0 Å². The Morgan fingerprint density at radius 2 is 1.26 bits per heavy atom. The van der Waals surface area contributed by atoms with Gasteiger partial charge < -0.3 is 16.0 Å². The quantitative estimate of drug-likeness (QED) is 0.159. The first-order chi connectivity index (χ1) is 18.6. The number of carbonyl (C=O) groups is 3. The van der Waals surface area contributed by atoms with Crippen molar-refractivity contribution in [2.45, 2.75) is 64.7 Å². The summed E-state index contributed by atoms with van der Waals surface area (Å²) in [5, 5.41) is 8.22. The molecule has 0 aliphatic heterocycles. The number of nitrogens with one attached hydrogen (secondary N) is 3. The number of rotatable bonds is 20. The largest absolute Gasteiger partial charge is 0.354 e. The highest BCUT2D eigenvalue weighted by Gasteiger charge is 2.06. The lowest BCUT2D eigenvalue weighted by Gasteiger charge is -2.08. The van der Waals surface area contributed by atoms with Crippen LogP contribution in [-0.4, -0.2) is 42.3 Å². The van der Waals surface area contributed by atoms with Gasteiger partial charge in [-0.15, -0.1) is 0 Å². The number of hydrogen-bond acceptors (Lipinski definition) is 4. The maximum Gasteiger partial charge on any atom is 0.252 e. The minimum absolute atomic E-state index is 0.0182. The van der Waals surface area contributed by atoms with Crippen LogP contribution in [0.1, 0.15) is 75.1 Å². The van der Waals surface area contributed by atoms with Crippen molar-refractivity contribution in [2.75, 3.05) is 19.6 Å². The second-order valence-corrected chi connectivity index (χ2v) is 8.55. The van der Waals surface area contributed by atoms with Gasteiger partial charge in [0.2, 0.25) is 11.8 Å². The smallest absolute Gasteiger partial charge is 0.252 e. The fraction of sp³-hybridized carbons (Fsp3) is 0.419. The lowest BCUT2D eigenvalue weighted by atomic mass is 10.2. The van der Waals surface area contributed by atoms with Gasteiger partial charge >= 0.3 is 0 Å². The van der Waals surface area contributed by atoms with Gasteiger partial charge in [0, 0.05) is 44.9 Å². The van der Waals surface area contributed by atoms with Crippen LogP contribution >= 0.6 is 0 Å². The van der Waals surface area contributed by atoms with Gasteiger partial charge in [-0.1, -0.05) is 67.7 Å². The molecule has 1 heterocycles. The van der Waals surface area contributed by atoms with Crippen LogP contribution in [-0.2, 0) is 9.59 Å². The summed E-state index contributed by atoms with van der Waals surface area (Å²) >= 11 is 0. The second kappa shape index (κ2) is 23.6. The molecule has 3 amide bonds. The number of nitrogens with zero attached hydrogens (tertiary/aromatic N) is 1. The molecule has 206 valence electrons. The molecule has 0 spiro atoms. The lowest BCUT2D eigenvalue weighted by Crippen LogP contribution is -2.36. The van der Waals surface area contributed by atoms with Crippen molar-refractivity contribution in [1.82, 2.24) is 20.9 Å². The fourth-order valence-corrected chi connectivity index (χ4v) is 3.22. The van der Waals surface area contributed by atoms with Crippen LogP contribution in [0.15, 0.2) is 85.3 Å². The Hall–Kier alpha value is -3.74. The molecule has 1 rings (SSSR count). The number of hydrogen-bond donors (Lipinski definition) is 3. The standard InChI is InChI=1S/C31H44N4O3/c1-2-3-4-5-6-7-8-9-10-11-12-13-14-15-16-17-18-21-29(36)33-25-26-34-30(37)22-24-35-31(38)28-20-19-23-32-27-28/h3-4,6-7,9-10,12-13,15-16,19-20,23,27H,2,5,8,11,14,17-18,21-22,24-26H2,1H3,(H,33,36)(H,34,37)(H,35,38). The van der Waals surface area contributed by atoms with E-state index in [1.54, 1.807) is 18.3 Å². The van der Waals surface area contributed by atoms with E-state index in [0.717, 1.165) is 44.9 Å². The number of carbonyl (C=O) groups excluding carboxylic acids is 3. The monoisotopic (exact) mass is 520 g/mol. The number of allylic oxidation sites excluding steroid dienone is 10. The molecular weight excluding hydrogens is 476 g/mol. The highest BCUT2D eigenvalue weighted by molar-refractivity contribution is 5.94. The van der Waals surface area contributed by atoms with Crippen molar-refractivity contribution in [2.24, 2.45) is 0 Å². The van der Waals surface area contributed by atoms with Crippen LogP contribution in [0.4, 0.5) is 0 Å². The Labute approximate surface area is 228 Å². The van der Waals surface area contributed by atoms with Gasteiger partial charge in [0.05, 0.1) is 5.56 Å². The number of aromatic nitrogens is 1. The Bertz CT molecular complexity index is 934. The van der Waals surface area contributed by atoms with E-state index in [0.29, 0.717) is 25.1 Å². The molecule has 0 saturated carbocycles. The van der Waals surface area contributed by atoms with Crippen LogP contribution < -0.4 is 16.0 Å². The molecule has 7 heteroatoms. The molecule has 38 heavy (non-hydrogen) atoms. The summed E-state index contributed by atoms with van der Waals surface area (Å²) in [7, 11) is 0. The average molecular weight is 521 g/mol. The summed E-state index contributed by atoms with van der Waals surface area (Å²) in [6, 6.07) is 3.34. The summed E-state index contributed by atoms with van der Waals surface area (Å²) in [5.41, 5.74) is 0.456. The van der Waals surface area contributed by atoms with Gasteiger partial charge in [-0.05, 0) is 57.1 Å². The molecule has 1 aromatic heterocycles. The van der Waals surface area contributed by atoms with Crippen molar-refractivity contribution in [3.05, 3.63) is 90.9 Å². The van der Waals surface area contributed by atoms with E-state index in [4.69, 9.17) is 0 Å². The molecule has 3 N–H and O–H groups in total. The second-order valence-electron chi connectivity index (χ2n) is 8.55. The van der Waals surface area contributed by atoms with E-state index in [9.17, 15) is 14.4 Å². The van der Waals surface area contributed by atoms with Crippen molar-refractivity contribution >= 4 is 17.7 Å². The topological polar surface area (TPSA) is 100 Å². The maximum absolute atomic E-state index is 11.9. The van der Waals surface area contributed by atoms with E-state index in [2.05, 4.69) is 88.6 Å². The summed E-state index contributed by atoms with van der Waals surface area (Å²) in [6.07, 6.45) is 32.0. The molecule has 0 aliphatic carbocycles. The molecule has 0 atom stereocenters. The maximum atomic E-state index is 11.9. The average Bonchev–Trinajstić information content (AvgIpc) is 2.93. The van der Waals surface area contributed by atoms with Gasteiger partial charge in [0.25, 0.3) is 5.91 Å². The van der Waals surface area contributed by atoms with Gasteiger partial charge in [-0.25, -0.2) is 0 Å². The normalized spacial score (nSPS) is 11.8. The molecular formula is C31H44N4O3. The first-order valence-electron chi connectivity index (χ1n) is 13.6. The molecule has 0 radical (unpaired) electrons. The third-order valence-electron chi connectivity index (χ3n) is 5.26. The zero-order chi connectivity index (χ0) is 27.5. The van der Waals surface area contributed by atoms with Crippen LogP contribution in [0, 0.1) is 0 Å². The number of unbranched alkanes of at least 4 members (excludes halogenated alkanes) is 1. The third kappa shape index (κ3) is 19.4. The number of pyridine rings is 1. The summed E-state index contributed by atoms with van der Waals surface area (Å²) in [6.45, 7) is 3.12. The highest BCUT2D eigenvalue weighted by Crippen LogP contribution is 1.99. The molecule has 7 nitrogen and oxygen atoms in total. The minimum atomic E-state index is -0.261. The van der Waals surface area contributed by atoms with E-state index >= 15 is 0 Å². The lowest BCUT2D eigenvalue weighted by molar-refractivity contribution is -0.122. The molecule has 0 bridgehead atoms. The van der Waals surface area contributed by atoms with Gasteiger partial charge in [0.15, 0.2) is 0 Å². The van der Waals surface area contributed by atoms with E-state index < -0.39 is 0 Å². The fourth-order valence-electron chi connectivity index (χ4n) is 3.22. The highest BCUT2D eigenvalue weighted by atomic mass is 16.2. The first kappa shape index (κ1) is 32.3. The van der Waals surface area contributed by atoms with Crippen molar-refractivity contribution in [3.63, 3.8) is 0 Å². The molecule has 0 aromatic carbocycles. The molecule has 0 aliphatic rings. The summed E-state index contributed by atoms with van der Waals surface area (Å²) in [5.74, 6) is -0.456. The van der Waals surface area contributed by atoms with E-state index in [-0.39, 0.29) is 30.7 Å². The van der Waals surface area contributed by atoms with E-state index in [1.807, 2.05) is 0 Å². The van der Waals surface area contributed by atoms with Gasteiger partial charge in [-0.2, -0.15) is 0 Å². The zero-order valence-corrected chi connectivity index (χ0v) is 22.7. The van der Waals surface area contributed by atoms with Crippen LogP contribution in [0.25, 0.3) is 0 Å². The molecule has 1 aromatic rings. The molecule has 0 fully saturated rings. The van der Waals surface area contributed by atoms with Crippen LogP contribution in [0.3, 0.4) is 0 Å². The predicted molar refractivity (Wildman–Crippen MR) is 156 cm³/mol. The Morgan fingerprint density at radius 1 is 0.711 bits per heavy atom. The van der Waals surface area contributed by atoms with Crippen molar-refractivity contribution < 1.29 is 14.4 Å². The first-order valence-corrected chi connectivity index (χ1v) is 13.6. The summed E-state index contributed by atoms with van der Waals surface area (Å²) in [4.78, 5) is 39.5. The molecule has 0 unspecified atom stereocenters. The Morgan fingerprint density at radius 3 is 1.82 bits per heavy atom. The Balaban J connectivity index is 1.94. The van der Waals surface area contributed by atoms with Gasteiger partial charge in [-0.3, -0.25) is 19.4 Å². The zero-order valence-electron chi connectivity index (χ0n) is 22.7. The molecule has 0 saturated heterocycles. The van der Waals surface area contributed by atoms with Crippen molar-refractivity contribution in [1.29, 1.82) is 0 Å². The van der Waals surface area contributed by atoms with Gasteiger partial charge in [0.1, 0.15) is 0 Å². The third-order valence-corrected chi connectivity index (χ3v) is 5.26. The minimum Gasteiger partial charge on any atom is -0.354 e. The van der Waals surface area contributed by atoms with E-state index in [1.165, 1.54) is 6.20 Å². The SMILES string of the molecule is CCC=CCC=CCC=CCC=CCC=CCCCC(=O)NCCNC(=O)CCNC(=O)c1cccnc1. The number of amides is 3. The summed E-state index contributed by atoms with van der Waals surface area (Å²) < 4.78 is 0. The Kier molecular flexibility index (Phi) is 20.1. The van der Waals surface area contributed by atoms with Crippen molar-refractivity contribution in [3.8, 4) is 0 Å².